The molecule has 0 atom stereocenters. The largest absolute Gasteiger partial charge is 0.398 e. The number of hydrogen-bond acceptors (Lipinski definition) is 3. The Bertz CT molecular complexity index is 751. The molecule has 0 spiro atoms. The van der Waals surface area contributed by atoms with Gasteiger partial charge in [0.2, 0.25) is 0 Å². The van der Waals surface area contributed by atoms with E-state index in [0.717, 1.165) is 33.7 Å². The van der Waals surface area contributed by atoms with Crippen molar-refractivity contribution in [2.75, 3.05) is 5.73 Å². The molecule has 0 radical (unpaired) electrons. The zero-order valence-corrected chi connectivity index (χ0v) is 12.0. The minimum absolute atomic E-state index is 0.302. The van der Waals surface area contributed by atoms with Crippen LogP contribution in [0.3, 0.4) is 0 Å². The lowest BCUT2D eigenvalue weighted by molar-refractivity contribution is 0.624. The summed E-state index contributed by atoms with van der Waals surface area (Å²) in [6, 6.07) is 8.26. The summed E-state index contributed by atoms with van der Waals surface area (Å²) < 4.78 is 2.22. The average Bonchev–Trinajstić information content (AvgIpc) is 2.77. The predicted molar refractivity (Wildman–Crippen MR) is 82.5 cm³/mol. The Morgan fingerprint density at radius 3 is 2.70 bits per heavy atom. The van der Waals surface area contributed by atoms with Gasteiger partial charge in [0.15, 0.2) is 0 Å². The lowest BCUT2D eigenvalue weighted by atomic mass is 10.1. The van der Waals surface area contributed by atoms with E-state index in [-0.39, 0.29) is 0 Å². The summed E-state index contributed by atoms with van der Waals surface area (Å²) in [7, 11) is 0. The van der Waals surface area contributed by atoms with E-state index in [1.807, 2.05) is 18.2 Å². The highest BCUT2D eigenvalue weighted by atomic mass is 15.1. The molecule has 102 valence electrons. The van der Waals surface area contributed by atoms with Crippen molar-refractivity contribution in [2.45, 2.75) is 26.8 Å². The molecule has 20 heavy (non-hydrogen) atoms. The van der Waals surface area contributed by atoms with Gasteiger partial charge in [-0.1, -0.05) is 12.1 Å². The number of benzene rings is 1. The van der Waals surface area contributed by atoms with E-state index in [0.29, 0.717) is 6.04 Å². The molecule has 2 heterocycles. The Hall–Kier alpha value is -2.36. The van der Waals surface area contributed by atoms with Crippen molar-refractivity contribution in [1.82, 2.24) is 14.5 Å². The Morgan fingerprint density at radius 2 is 2.00 bits per heavy atom. The summed E-state index contributed by atoms with van der Waals surface area (Å²) in [4.78, 5) is 8.90. The number of pyridine rings is 1. The monoisotopic (exact) mass is 266 g/mol. The first-order valence-corrected chi connectivity index (χ1v) is 6.77. The number of fused-ring (bicyclic) bond motifs is 1. The minimum atomic E-state index is 0.302. The maximum absolute atomic E-state index is 6.18. The number of aryl methyl sites for hydroxylation is 1. The number of nitrogen functional groups attached to an aromatic ring is 1. The summed E-state index contributed by atoms with van der Waals surface area (Å²) in [6.07, 6.45) is 3.60. The number of nitrogens with two attached hydrogens (primary N) is 1. The molecule has 0 saturated heterocycles. The van der Waals surface area contributed by atoms with E-state index < -0.39 is 0 Å². The summed E-state index contributed by atoms with van der Waals surface area (Å²) in [5.41, 5.74) is 11.1. The van der Waals surface area contributed by atoms with Crippen LogP contribution in [0.15, 0.2) is 36.7 Å². The van der Waals surface area contributed by atoms with Crippen molar-refractivity contribution in [2.24, 2.45) is 0 Å². The van der Waals surface area contributed by atoms with Crippen LogP contribution in [0, 0.1) is 6.92 Å². The molecule has 3 aromatic rings. The molecule has 0 aliphatic rings. The normalized spacial score (nSPS) is 11.4. The molecule has 0 aliphatic carbocycles. The summed E-state index contributed by atoms with van der Waals surface area (Å²) >= 11 is 0. The second-order valence-electron chi connectivity index (χ2n) is 5.30. The molecule has 0 amide bonds. The topological polar surface area (TPSA) is 56.7 Å². The fourth-order valence-corrected chi connectivity index (χ4v) is 2.65. The molecule has 0 aliphatic heterocycles. The zero-order valence-electron chi connectivity index (χ0n) is 12.0. The molecule has 4 nitrogen and oxygen atoms in total. The van der Waals surface area contributed by atoms with E-state index in [1.165, 1.54) is 0 Å². The van der Waals surface area contributed by atoms with Crippen LogP contribution in [0.1, 0.15) is 25.5 Å². The Morgan fingerprint density at radius 1 is 1.20 bits per heavy atom. The van der Waals surface area contributed by atoms with Gasteiger partial charge in [-0.2, -0.15) is 0 Å². The summed E-state index contributed by atoms with van der Waals surface area (Å²) in [6.45, 7) is 6.37. The molecule has 0 saturated carbocycles. The molecule has 0 bridgehead atoms. The van der Waals surface area contributed by atoms with Crippen LogP contribution >= 0.6 is 0 Å². The molecule has 0 unspecified atom stereocenters. The van der Waals surface area contributed by atoms with Crippen LogP contribution in [0.25, 0.3) is 22.4 Å². The van der Waals surface area contributed by atoms with Gasteiger partial charge in [0.25, 0.3) is 0 Å². The SMILES string of the molecule is Cc1cccc(N)c1-c1nc2cnccc2n1C(C)C. The molecule has 3 rings (SSSR count). The third-order valence-corrected chi connectivity index (χ3v) is 3.54. The molecular weight excluding hydrogens is 248 g/mol. The van der Waals surface area contributed by atoms with Gasteiger partial charge in [-0.25, -0.2) is 4.98 Å². The standard InChI is InChI=1S/C16H18N4/c1-10(2)20-14-7-8-18-9-13(14)19-16(20)15-11(3)5-4-6-12(15)17/h4-10H,17H2,1-3H3. The van der Waals surface area contributed by atoms with Crippen molar-refractivity contribution in [1.29, 1.82) is 0 Å². The van der Waals surface area contributed by atoms with Gasteiger partial charge in [-0.15, -0.1) is 0 Å². The van der Waals surface area contributed by atoms with Crippen molar-refractivity contribution in [3.05, 3.63) is 42.2 Å². The highest BCUT2D eigenvalue weighted by Gasteiger charge is 2.18. The van der Waals surface area contributed by atoms with Gasteiger partial charge in [0, 0.05) is 23.5 Å². The predicted octanol–water partition coefficient (Wildman–Crippen LogP) is 3.57. The fourth-order valence-electron chi connectivity index (χ4n) is 2.65. The van der Waals surface area contributed by atoms with Gasteiger partial charge in [0.1, 0.15) is 11.3 Å². The quantitative estimate of drug-likeness (QED) is 0.721. The zero-order chi connectivity index (χ0) is 14.3. The van der Waals surface area contributed by atoms with E-state index in [2.05, 4.69) is 36.4 Å². The number of nitrogens with zero attached hydrogens (tertiary/aromatic N) is 3. The van der Waals surface area contributed by atoms with Crippen LogP contribution in [0.5, 0.6) is 0 Å². The third-order valence-electron chi connectivity index (χ3n) is 3.54. The maximum Gasteiger partial charge on any atom is 0.143 e. The minimum Gasteiger partial charge on any atom is -0.398 e. The van der Waals surface area contributed by atoms with Crippen molar-refractivity contribution >= 4 is 16.7 Å². The summed E-state index contributed by atoms with van der Waals surface area (Å²) in [5, 5.41) is 0. The summed E-state index contributed by atoms with van der Waals surface area (Å²) in [5.74, 6) is 0.915. The number of rotatable bonds is 2. The van der Waals surface area contributed by atoms with Gasteiger partial charge < -0.3 is 10.3 Å². The second kappa shape index (κ2) is 4.63. The van der Waals surface area contributed by atoms with Crippen molar-refractivity contribution in [3.63, 3.8) is 0 Å². The number of anilines is 1. The first-order valence-electron chi connectivity index (χ1n) is 6.77. The molecular formula is C16H18N4. The van der Waals surface area contributed by atoms with Crippen LogP contribution in [-0.4, -0.2) is 14.5 Å². The van der Waals surface area contributed by atoms with E-state index >= 15 is 0 Å². The van der Waals surface area contributed by atoms with E-state index in [4.69, 9.17) is 10.7 Å². The van der Waals surface area contributed by atoms with E-state index in [9.17, 15) is 0 Å². The molecule has 1 aromatic carbocycles. The van der Waals surface area contributed by atoms with Crippen molar-refractivity contribution in [3.8, 4) is 11.4 Å². The number of aromatic nitrogens is 3. The van der Waals surface area contributed by atoms with Crippen LogP contribution in [-0.2, 0) is 0 Å². The lowest BCUT2D eigenvalue weighted by Gasteiger charge is -2.15. The number of hydrogen-bond donors (Lipinski definition) is 1. The maximum atomic E-state index is 6.18. The lowest BCUT2D eigenvalue weighted by Crippen LogP contribution is -2.05. The molecule has 2 N–H and O–H groups in total. The van der Waals surface area contributed by atoms with Crippen LogP contribution < -0.4 is 5.73 Å². The Balaban J connectivity index is 2.39. The third kappa shape index (κ3) is 1.84. The fraction of sp³-hybridized carbons (Fsp3) is 0.250. The van der Waals surface area contributed by atoms with Crippen LogP contribution in [0.4, 0.5) is 5.69 Å². The highest BCUT2D eigenvalue weighted by Crippen LogP contribution is 2.33. The smallest absolute Gasteiger partial charge is 0.143 e. The highest BCUT2D eigenvalue weighted by molar-refractivity contribution is 5.84. The Labute approximate surface area is 118 Å². The Kier molecular flexibility index (Phi) is 2.93. The van der Waals surface area contributed by atoms with E-state index in [1.54, 1.807) is 12.4 Å². The average molecular weight is 266 g/mol. The molecule has 4 heteroatoms. The number of imidazole rings is 1. The second-order valence-corrected chi connectivity index (χ2v) is 5.30. The molecule has 0 fully saturated rings. The first-order chi connectivity index (χ1) is 9.59. The molecule has 2 aromatic heterocycles. The van der Waals surface area contributed by atoms with Gasteiger partial charge in [-0.05, 0) is 38.5 Å². The first kappa shape index (κ1) is 12.7. The van der Waals surface area contributed by atoms with Gasteiger partial charge >= 0.3 is 0 Å². The van der Waals surface area contributed by atoms with Crippen LogP contribution in [0.2, 0.25) is 0 Å². The van der Waals surface area contributed by atoms with Crippen molar-refractivity contribution < 1.29 is 0 Å². The van der Waals surface area contributed by atoms with Gasteiger partial charge in [-0.3, -0.25) is 4.98 Å². The van der Waals surface area contributed by atoms with Gasteiger partial charge in [0.05, 0.1) is 11.7 Å².